The lowest BCUT2D eigenvalue weighted by Crippen LogP contribution is -2.46. The maximum atomic E-state index is 12.6. The smallest absolute Gasteiger partial charge is 0.311 e. The van der Waals surface area contributed by atoms with Crippen LogP contribution in [0.25, 0.3) is 0 Å². The molecule has 0 bridgehead atoms. The van der Waals surface area contributed by atoms with Gasteiger partial charge in [0.25, 0.3) is 0 Å². The average Bonchev–Trinajstić information content (AvgIpc) is 3.35. The van der Waals surface area contributed by atoms with Crippen LogP contribution in [0.1, 0.15) is 18.4 Å². The lowest BCUT2D eigenvalue weighted by Gasteiger charge is -2.23. The van der Waals surface area contributed by atoms with Gasteiger partial charge in [-0.1, -0.05) is 12.1 Å². The van der Waals surface area contributed by atoms with Gasteiger partial charge in [-0.3, -0.25) is 14.9 Å². The standard InChI is InChI=1S/C25H24N6O4/c26-16-19-3-2-14-30(19)25(32)22(27)15-17-5-9-20(10-6-17)35-21-11-7-18(8-12-21)29-24-23(31(33)34)4-1-13-28-24/h1,4-13,19,22H,2-3,14-15,27H2,(H,28,29)/t19?,22-/m0/s1. The summed E-state index contributed by atoms with van der Waals surface area (Å²) < 4.78 is 5.87. The Bertz CT molecular complexity index is 1240. The lowest BCUT2D eigenvalue weighted by atomic mass is 10.0. The molecule has 0 radical (unpaired) electrons. The SMILES string of the molecule is N#CC1CCCN1C(=O)[C@@H](N)Cc1ccc(Oc2ccc(Nc3ncccc3[N+](=O)[O-])cc2)cc1. The third-order valence-corrected chi connectivity index (χ3v) is 5.72. The van der Waals surface area contributed by atoms with E-state index in [2.05, 4.69) is 16.4 Å². The molecule has 3 N–H and O–H groups in total. The fraction of sp³-hybridized carbons (Fsp3) is 0.240. The number of rotatable bonds is 8. The van der Waals surface area contributed by atoms with Crippen molar-refractivity contribution in [2.45, 2.75) is 31.3 Å². The third-order valence-electron chi connectivity index (χ3n) is 5.72. The summed E-state index contributed by atoms with van der Waals surface area (Å²) in [4.78, 5) is 28.9. The van der Waals surface area contributed by atoms with Crippen molar-refractivity contribution in [1.29, 1.82) is 5.26 Å². The van der Waals surface area contributed by atoms with E-state index in [-0.39, 0.29) is 23.5 Å². The van der Waals surface area contributed by atoms with Crippen molar-refractivity contribution in [3.8, 4) is 17.6 Å². The second-order valence-corrected chi connectivity index (χ2v) is 8.15. The van der Waals surface area contributed by atoms with E-state index in [0.717, 1.165) is 12.0 Å². The number of hydrogen-bond acceptors (Lipinski definition) is 8. The molecule has 1 aliphatic heterocycles. The molecule has 1 unspecified atom stereocenters. The first-order valence-electron chi connectivity index (χ1n) is 11.1. The molecule has 0 saturated carbocycles. The highest BCUT2D eigenvalue weighted by Gasteiger charge is 2.31. The number of nitrogens with zero attached hydrogens (tertiary/aromatic N) is 4. The molecule has 2 heterocycles. The quantitative estimate of drug-likeness (QED) is 0.370. The molecule has 1 aromatic heterocycles. The van der Waals surface area contributed by atoms with Crippen LogP contribution in [0, 0.1) is 21.4 Å². The first kappa shape index (κ1) is 23.7. The summed E-state index contributed by atoms with van der Waals surface area (Å²) in [6, 6.07) is 18.2. The van der Waals surface area contributed by atoms with Gasteiger partial charge in [0, 0.05) is 24.5 Å². The van der Waals surface area contributed by atoms with Gasteiger partial charge in [0.05, 0.1) is 17.0 Å². The van der Waals surface area contributed by atoms with Crippen LogP contribution in [0.2, 0.25) is 0 Å². The lowest BCUT2D eigenvalue weighted by molar-refractivity contribution is -0.384. The van der Waals surface area contributed by atoms with E-state index in [4.69, 9.17) is 10.5 Å². The number of hydrogen-bond donors (Lipinski definition) is 2. The van der Waals surface area contributed by atoms with Gasteiger partial charge in [-0.15, -0.1) is 0 Å². The van der Waals surface area contributed by atoms with E-state index in [0.29, 0.717) is 36.6 Å². The molecule has 1 aliphatic rings. The van der Waals surface area contributed by atoms with Gasteiger partial charge in [-0.05, 0) is 67.3 Å². The summed E-state index contributed by atoms with van der Waals surface area (Å²) in [7, 11) is 0. The predicted octanol–water partition coefficient (Wildman–Crippen LogP) is 3.91. The Morgan fingerprint density at radius 1 is 1.23 bits per heavy atom. The fourth-order valence-corrected chi connectivity index (χ4v) is 3.93. The van der Waals surface area contributed by atoms with Crippen LogP contribution in [0.5, 0.6) is 11.5 Å². The Labute approximate surface area is 202 Å². The number of likely N-dealkylation sites (tertiary alicyclic amines) is 1. The number of carbonyl (C=O) groups is 1. The zero-order chi connectivity index (χ0) is 24.8. The van der Waals surface area contributed by atoms with Gasteiger partial charge in [-0.2, -0.15) is 5.26 Å². The van der Waals surface area contributed by atoms with Crippen molar-refractivity contribution >= 4 is 23.1 Å². The van der Waals surface area contributed by atoms with Crippen molar-refractivity contribution in [3.05, 3.63) is 82.5 Å². The van der Waals surface area contributed by atoms with Crippen LogP contribution >= 0.6 is 0 Å². The maximum absolute atomic E-state index is 12.6. The minimum Gasteiger partial charge on any atom is -0.457 e. The average molecular weight is 473 g/mol. The Balaban J connectivity index is 1.34. The third kappa shape index (κ3) is 5.72. The van der Waals surface area contributed by atoms with Gasteiger partial charge in [0.2, 0.25) is 11.7 Å². The van der Waals surface area contributed by atoms with E-state index < -0.39 is 11.0 Å². The summed E-state index contributed by atoms with van der Waals surface area (Å²) in [5.74, 6) is 1.16. The molecule has 0 spiro atoms. The zero-order valence-electron chi connectivity index (χ0n) is 18.8. The summed E-state index contributed by atoms with van der Waals surface area (Å²) in [5, 5.41) is 23.3. The van der Waals surface area contributed by atoms with Crippen LogP contribution in [-0.4, -0.2) is 39.3 Å². The maximum Gasteiger partial charge on any atom is 0.311 e. The molecule has 1 amide bonds. The van der Waals surface area contributed by atoms with Crippen LogP contribution in [0.3, 0.4) is 0 Å². The van der Waals surface area contributed by atoms with Gasteiger partial charge >= 0.3 is 5.69 Å². The Morgan fingerprint density at radius 2 is 1.91 bits per heavy atom. The minimum absolute atomic E-state index is 0.111. The number of ether oxygens (including phenoxy) is 1. The highest BCUT2D eigenvalue weighted by Crippen LogP contribution is 2.28. The highest BCUT2D eigenvalue weighted by molar-refractivity contribution is 5.83. The number of nitrogens with two attached hydrogens (primary N) is 1. The molecule has 1 saturated heterocycles. The van der Waals surface area contributed by atoms with Crippen molar-refractivity contribution in [2.75, 3.05) is 11.9 Å². The number of carbonyl (C=O) groups excluding carboxylic acids is 1. The molecule has 35 heavy (non-hydrogen) atoms. The van der Waals surface area contributed by atoms with Gasteiger partial charge in [-0.25, -0.2) is 4.98 Å². The first-order chi connectivity index (χ1) is 16.9. The number of nitriles is 1. The first-order valence-corrected chi connectivity index (χ1v) is 11.1. The number of amides is 1. The number of anilines is 2. The second kappa shape index (κ2) is 10.6. The molecular formula is C25H24N6O4. The van der Waals surface area contributed by atoms with Crippen molar-refractivity contribution < 1.29 is 14.5 Å². The van der Waals surface area contributed by atoms with E-state index >= 15 is 0 Å². The number of pyridine rings is 1. The largest absolute Gasteiger partial charge is 0.457 e. The fourth-order valence-electron chi connectivity index (χ4n) is 3.93. The van der Waals surface area contributed by atoms with E-state index in [1.54, 1.807) is 41.3 Å². The monoisotopic (exact) mass is 472 g/mol. The summed E-state index contributed by atoms with van der Waals surface area (Å²) >= 11 is 0. The normalized spacial score (nSPS) is 15.8. The molecule has 0 aliphatic carbocycles. The number of nitrogens with one attached hydrogen (secondary N) is 1. The highest BCUT2D eigenvalue weighted by atomic mass is 16.6. The van der Waals surface area contributed by atoms with E-state index in [9.17, 15) is 20.2 Å². The molecular weight excluding hydrogens is 448 g/mol. The summed E-state index contributed by atoms with van der Waals surface area (Å²) in [5.41, 5.74) is 7.53. The summed E-state index contributed by atoms with van der Waals surface area (Å²) in [6.45, 7) is 0.574. The molecule has 2 aromatic carbocycles. The molecule has 10 heteroatoms. The molecule has 2 atom stereocenters. The van der Waals surface area contributed by atoms with Crippen LogP contribution in [0.4, 0.5) is 17.2 Å². The van der Waals surface area contributed by atoms with Crippen LogP contribution in [0.15, 0.2) is 66.9 Å². The van der Waals surface area contributed by atoms with Gasteiger partial charge < -0.3 is 20.7 Å². The minimum atomic E-state index is -0.703. The summed E-state index contributed by atoms with van der Waals surface area (Å²) in [6.07, 6.45) is 3.37. The van der Waals surface area contributed by atoms with Crippen LogP contribution in [-0.2, 0) is 11.2 Å². The Hall–Kier alpha value is -4.49. The molecule has 1 fully saturated rings. The second-order valence-electron chi connectivity index (χ2n) is 8.15. The number of benzene rings is 2. The topological polar surface area (TPSA) is 147 Å². The molecule has 3 aromatic rings. The van der Waals surface area contributed by atoms with Crippen LogP contribution < -0.4 is 15.8 Å². The number of nitro groups is 1. The molecule has 10 nitrogen and oxygen atoms in total. The predicted molar refractivity (Wildman–Crippen MR) is 129 cm³/mol. The molecule has 178 valence electrons. The number of aromatic nitrogens is 1. The van der Waals surface area contributed by atoms with Crippen molar-refractivity contribution in [1.82, 2.24) is 9.88 Å². The van der Waals surface area contributed by atoms with Gasteiger partial charge in [0.1, 0.15) is 17.5 Å². The van der Waals surface area contributed by atoms with Gasteiger partial charge in [0.15, 0.2) is 0 Å². The van der Waals surface area contributed by atoms with E-state index in [1.807, 2.05) is 12.1 Å². The van der Waals surface area contributed by atoms with E-state index in [1.165, 1.54) is 18.3 Å². The Kier molecular flexibility index (Phi) is 7.18. The molecule has 4 rings (SSSR count). The zero-order valence-corrected chi connectivity index (χ0v) is 18.8. The Morgan fingerprint density at radius 3 is 2.57 bits per heavy atom. The van der Waals surface area contributed by atoms with Crippen molar-refractivity contribution in [3.63, 3.8) is 0 Å². The van der Waals surface area contributed by atoms with Crippen molar-refractivity contribution in [2.24, 2.45) is 5.73 Å².